The SMILES string of the molecule is CS(=O)(=O)OC[C@@H]1CCNC1. The number of hydrogen-bond acceptors (Lipinski definition) is 4. The summed E-state index contributed by atoms with van der Waals surface area (Å²) in [5, 5.41) is 3.13. The predicted octanol–water partition coefficient (Wildman–Crippen LogP) is -0.428. The summed E-state index contributed by atoms with van der Waals surface area (Å²) in [6.45, 7) is 2.17. The lowest BCUT2D eigenvalue weighted by Crippen LogP contribution is -2.16. The molecule has 0 unspecified atom stereocenters. The van der Waals surface area contributed by atoms with Gasteiger partial charge in [0.25, 0.3) is 10.1 Å². The lowest BCUT2D eigenvalue weighted by atomic mass is 10.1. The third kappa shape index (κ3) is 3.69. The predicted molar refractivity (Wildman–Crippen MR) is 41.8 cm³/mol. The fraction of sp³-hybridized carbons (Fsp3) is 1.00. The zero-order valence-corrected chi connectivity index (χ0v) is 7.36. The molecule has 0 aromatic carbocycles. The standard InChI is InChI=1S/C6H13NO3S/c1-11(8,9)10-5-6-2-3-7-4-6/h6-7H,2-5H2,1H3/t6-/m1/s1. The van der Waals surface area contributed by atoms with E-state index in [2.05, 4.69) is 9.50 Å². The van der Waals surface area contributed by atoms with Gasteiger partial charge in [0.2, 0.25) is 0 Å². The maximum absolute atomic E-state index is 10.5. The third-order valence-corrected chi connectivity index (χ3v) is 2.24. The minimum Gasteiger partial charge on any atom is -0.316 e. The smallest absolute Gasteiger partial charge is 0.264 e. The van der Waals surface area contributed by atoms with E-state index in [1.165, 1.54) is 0 Å². The van der Waals surface area contributed by atoms with Gasteiger partial charge in [-0.1, -0.05) is 0 Å². The molecule has 4 nitrogen and oxygen atoms in total. The first-order chi connectivity index (χ1) is 5.08. The molecule has 66 valence electrons. The molecule has 0 amide bonds. The van der Waals surface area contributed by atoms with Crippen LogP contribution >= 0.6 is 0 Å². The summed E-state index contributed by atoms with van der Waals surface area (Å²) in [5.74, 6) is 0.365. The van der Waals surface area contributed by atoms with Gasteiger partial charge in [-0.2, -0.15) is 8.42 Å². The van der Waals surface area contributed by atoms with Crippen molar-refractivity contribution in [3.63, 3.8) is 0 Å². The molecule has 0 spiro atoms. The van der Waals surface area contributed by atoms with E-state index in [4.69, 9.17) is 0 Å². The third-order valence-electron chi connectivity index (χ3n) is 1.68. The molecule has 0 aliphatic carbocycles. The highest BCUT2D eigenvalue weighted by Gasteiger charge is 2.16. The zero-order chi connectivity index (χ0) is 8.32. The van der Waals surface area contributed by atoms with Crippen LogP contribution in [0.1, 0.15) is 6.42 Å². The molecule has 1 saturated heterocycles. The molecule has 1 aliphatic heterocycles. The summed E-state index contributed by atoms with van der Waals surface area (Å²) < 4.78 is 25.7. The lowest BCUT2D eigenvalue weighted by molar-refractivity contribution is 0.267. The van der Waals surface area contributed by atoms with Gasteiger partial charge in [-0.3, -0.25) is 4.18 Å². The Kier molecular flexibility index (Phi) is 2.86. The quantitative estimate of drug-likeness (QED) is 0.597. The normalized spacial score (nSPS) is 25.7. The van der Waals surface area contributed by atoms with Crippen molar-refractivity contribution in [3.05, 3.63) is 0 Å². The molecule has 0 radical (unpaired) electrons. The van der Waals surface area contributed by atoms with Gasteiger partial charge in [0.05, 0.1) is 12.9 Å². The van der Waals surface area contributed by atoms with Crippen LogP contribution in [-0.4, -0.2) is 34.4 Å². The first-order valence-corrected chi connectivity index (χ1v) is 5.45. The molecule has 0 aromatic rings. The average molecular weight is 179 g/mol. The van der Waals surface area contributed by atoms with E-state index in [0.29, 0.717) is 12.5 Å². The van der Waals surface area contributed by atoms with E-state index < -0.39 is 10.1 Å². The maximum Gasteiger partial charge on any atom is 0.264 e. The van der Waals surface area contributed by atoms with E-state index in [1.807, 2.05) is 0 Å². The second kappa shape index (κ2) is 3.51. The first kappa shape index (κ1) is 8.96. The van der Waals surface area contributed by atoms with Crippen molar-refractivity contribution >= 4 is 10.1 Å². The van der Waals surface area contributed by atoms with E-state index in [9.17, 15) is 8.42 Å². The van der Waals surface area contributed by atoms with E-state index in [1.54, 1.807) is 0 Å². The van der Waals surface area contributed by atoms with E-state index in [-0.39, 0.29) is 0 Å². The van der Waals surface area contributed by atoms with Crippen LogP contribution < -0.4 is 5.32 Å². The largest absolute Gasteiger partial charge is 0.316 e. The van der Waals surface area contributed by atoms with Gasteiger partial charge in [-0.25, -0.2) is 0 Å². The highest BCUT2D eigenvalue weighted by atomic mass is 32.2. The van der Waals surface area contributed by atoms with Crippen molar-refractivity contribution in [2.75, 3.05) is 26.0 Å². The van der Waals surface area contributed by atoms with Crippen LogP contribution in [0.4, 0.5) is 0 Å². The highest BCUT2D eigenvalue weighted by molar-refractivity contribution is 7.85. The van der Waals surface area contributed by atoms with Crippen LogP contribution in [0.2, 0.25) is 0 Å². The molecule has 11 heavy (non-hydrogen) atoms. The molecule has 1 rings (SSSR count). The van der Waals surface area contributed by atoms with Crippen molar-refractivity contribution in [1.29, 1.82) is 0 Å². The van der Waals surface area contributed by atoms with Gasteiger partial charge < -0.3 is 5.32 Å². The van der Waals surface area contributed by atoms with Crippen LogP contribution in [0, 0.1) is 5.92 Å². The minimum absolute atomic E-state index is 0.325. The molecule has 1 fully saturated rings. The molecular weight excluding hydrogens is 166 g/mol. The second-order valence-electron chi connectivity index (χ2n) is 2.85. The van der Waals surface area contributed by atoms with E-state index >= 15 is 0 Å². The number of hydrogen-bond donors (Lipinski definition) is 1. The van der Waals surface area contributed by atoms with Crippen molar-refractivity contribution in [2.24, 2.45) is 5.92 Å². The van der Waals surface area contributed by atoms with Gasteiger partial charge in [-0.05, 0) is 18.9 Å². The van der Waals surface area contributed by atoms with Gasteiger partial charge >= 0.3 is 0 Å². The summed E-state index contributed by atoms with van der Waals surface area (Å²) in [7, 11) is -3.24. The summed E-state index contributed by atoms with van der Waals surface area (Å²) >= 11 is 0. The van der Waals surface area contributed by atoms with Gasteiger partial charge in [0.1, 0.15) is 0 Å². The second-order valence-corrected chi connectivity index (χ2v) is 4.49. The summed E-state index contributed by atoms with van der Waals surface area (Å²) in [4.78, 5) is 0. The lowest BCUT2D eigenvalue weighted by Gasteiger charge is -2.06. The Morgan fingerprint density at radius 1 is 1.64 bits per heavy atom. The topological polar surface area (TPSA) is 55.4 Å². The van der Waals surface area contributed by atoms with Crippen LogP contribution in [0.3, 0.4) is 0 Å². The first-order valence-electron chi connectivity index (χ1n) is 3.63. The minimum atomic E-state index is -3.24. The monoisotopic (exact) mass is 179 g/mol. The van der Waals surface area contributed by atoms with Gasteiger partial charge in [0.15, 0.2) is 0 Å². The Hall–Kier alpha value is -0.130. The van der Waals surface area contributed by atoms with Crippen LogP contribution in [0.25, 0.3) is 0 Å². The molecule has 1 aliphatic rings. The summed E-state index contributed by atoms with van der Waals surface area (Å²) in [5.41, 5.74) is 0. The Labute approximate surface area is 67.1 Å². The fourth-order valence-electron chi connectivity index (χ4n) is 1.08. The van der Waals surface area contributed by atoms with Crippen molar-refractivity contribution in [3.8, 4) is 0 Å². The zero-order valence-electron chi connectivity index (χ0n) is 6.54. The Balaban J connectivity index is 2.22. The number of rotatable bonds is 3. The fourth-order valence-corrected chi connectivity index (χ4v) is 1.52. The molecule has 0 aromatic heterocycles. The molecule has 0 bridgehead atoms. The van der Waals surface area contributed by atoms with Gasteiger partial charge in [0, 0.05) is 6.54 Å². The summed E-state index contributed by atoms with van der Waals surface area (Å²) in [6.07, 6.45) is 2.09. The number of nitrogens with one attached hydrogen (secondary N) is 1. The molecular formula is C6H13NO3S. The molecule has 5 heteroatoms. The van der Waals surface area contributed by atoms with Crippen molar-refractivity contribution < 1.29 is 12.6 Å². The van der Waals surface area contributed by atoms with Crippen LogP contribution in [-0.2, 0) is 14.3 Å². The van der Waals surface area contributed by atoms with Crippen LogP contribution in [0.15, 0.2) is 0 Å². The molecule has 1 heterocycles. The van der Waals surface area contributed by atoms with Gasteiger partial charge in [-0.15, -0.1) is 0 Å². The highest BCUT2D eigenvalue weighted by Crippen LogP contribution is 2.08. The Morgan fingerprint density at radius 3 is 2.82 bits per heavy atom. The molecule has 1 N–H and O–H groups in total. The van der Waals surface area contributed by atoms with Crippen molar-refractivity contribution in [2.45, 2.75) is 6.42 Å². The van der Waals surface area contributed by atoms with Crippen molar-refractivity contribution in [1.82, 2.24) is 5.32 Å². The Morgan fingerprint density at radius 2 is 2.36 bits per heavy atom. The molecule has 1 atom stereocenters. The molecule has 0 saturated carbocycles. The maximum atomic E-state index is 10.5. The van der Waals surface area contributed by atoms with Crippen LogP contribution in [0.5, 0.6) is 0 Å². The average Bonchev–Trinajstić information content (AvgIpc) is 2.32. The Bertz CT molecular complexity index is 206. The van der Waals surface area contributed by atoms with E-state index in [0.717, 1.165) is 25.8 Å². The summed E-state index contributed by atoms with van der Waals surface area (Å²) in [6, 6.07) is 0.